The summed E-state index contributed by atoms with van der Waals surface area (Å²) in [5.74, 6) is 7.50. The molecule has 1 aliphatic carbocycles. The number of hydrogen-bond donors (Lipinski definition) is 2. The molecular weight excluding hydrogens is 240 g/mol. The van der Waals surface area contributed by atoms with Crippen molar-refractivity contribution in [3.8, 4) is 0 Å². The topological polar surface area (TPSA) is 38.0 Å². The summed E-state index contributed by atoms with van der Waals surface area (Å²) in [5.41, 5.74) is 5.73. The van der Waals surface area contributed by atoms with Crippen LogP contribution in [-0.2, 0) is 0 Å². The normalized spacial score (nSPS) is 17.8. The smallest absolute Gasteiger partial charge is 0.0550 e. The van der Waals surface area contributed by atoms with Crippen molar-refractivity contribution in [3.63, 3.8) is 0 Å². The highest BCUT2D eigenvalue weighted by atomic mass is 32.2. The third-order valence-electron chi connectivity index (χ3n) is 3.71. The van der Waals surface area contributed by atoms with Crippen molar-refractivity contribution < 1.29 is 0 Å². The highest BCUT2D eigenvalue weighted by molar-refractivity contribution is 7.99. The van der Waals surface area contributed by atoms with Gasteiger partial charge in [-0.1, -0.05) is 44.5 Å². The molecule has 3 heteroatoms. The number of hydrogen-bond acceptors (Lipinski definition) is 3. The van der Waals surface area contributed by atoms with Gasteiger partial charge in [-0.25, -0.2) is 0 Å². The van der Waals surface area contributed by atoms with Gasteiger partial charge in [0.2, 0.25) is 0 Å². The minimum atomic E-state index is 0.257. The summed E-state index contributed by atoms with van der Waals surface area (Å²) in [7, 11) is 0. The van der Waals surface area contributed by atoms with E-state index >= 15 is 0 Å². The zero-order chi connectivity index (χ0) is 13.0. The molecule has 100 valence electrons. The number of nitrogens with one attached hydrogen (secondary N) is 1. The Morgan fingerprint density at radius 1 is 1.28 bits per heavy atom. The Bertz CT molecular complexity index is 357. The molecule has 1 saturated carbocycles. The summed E-state index contributed by atoms with van der Waals surface area (Å²) in [6.07, 6.45) is 4.12. The van der Waals surface area contributed by atoms with Crippen molar-refractivity contribution in [1.82, 2.24) is 5.43 Å². The van der Waals surface area contributed by atoms with Crippen molar-refractivity contribution in [2.24, 2.45) is 5.84 Å². The molecule has 0 bridgehead atoms. The summed E-state index contributed by atoms with van der Waals surface area (Å²) in [6.45, 7) is 4.44. The van der Waals surface area contributed by atoms with Crippen LogP contribution in [0.3, 0.4) is 0 Å². The predicted octanol–water partition coefficient (Wildman–Crippen LogP) is 3.60. The van der Waals surface area contributed by atoms with Gasteiger partial charge in [0.05, 0.1) is 6.04 Å². The summed E-state index contributed by atoms with van der Waals surface area (Å²) in [4.78, 5) is 0. The zero-order valence-electron chi connectivity index (χ0n) is 11.4. The molecule has 0 amide bonds. The van der Waals surface area contributed by atoms with E-state index in [1.54, 1.807) is 0 Å². The van der Waals surface area contributed by atoms with E-state index in [4.69, 9.17) is 5.84 Å². The van der Waals surface area contributed by atoms with E-state index < -0.39 is 0 Å². The molecule has 0 spiro atoms. The molecule has 1 aromatic carbocycles. The van der Waals surface area contributed by atoms with Crippen LogP contribution in [0.5, 0.6) is 0 Å². The van der Waals surface area contributed by atoms with Gasteiger partial charge in [0.25, 0.3) is 0 Å². The maximum absolute atomic E-state index is 5.66. The van der Waals surface area contributed by atoms with Crippen LogP contribution in [0.1, 0.15) is 56.2 Å². The first-order valence-corrected chi connectivity index (χ1v) is 7.93. The molecule has 0 aliphatic heterocycles. The molecule has 2 rings (SSSR count). The van der Waals surface area contributed by atoms with Gasteiger partial charge in [-0.2, -0.15) is 11.8 Å². The average Bonchev–Trinajstić information content (AvgIpc) is 2.29. The Hall–Kier alpha value is -0.510. The van der Waals surface area contributed by atoms with E-state index in [1.165, 1.54) is 30.4 Å². The summed E-state index contributed by atoms with van der Waals surface area (Å²) in [6, 6.07) is 9.29. The third-order valence-corrected chi connectivity index (χ3v) is 4.91. The first-order chi connectivity index (χ1) is 8.70. The molecular formula is C15H24N2S. The number of nitrogens with two attached hydrogens (primary N) is 1. The lowest BCUT2D eigenvalue weighted by molar-refractivity contribution is 0.419. The molecule has 1 aromatic rings. The Morgan fingerprint density at radius 3 is 2.39 bits per heavy atom. The molecule has 0 radical (unpaired) electrons. The van der Waals surface area contributed by atoms with Gasteiger partial charge < -0.3 is 0 Å². The van der Waals surface area contributed by atoms with Crippen molar-refractivity contribution >= 4 is 11.8 Å². The second kappa shape index (κ2) is 6.60. The van der Waals surface area contributed by atoms with E-state index in [1.807, 2.05) is 11.8 Å². The van der Waals surface area contributed by atoms with Gasteiger partial charge in [-0.05, 0) is 35.1 Å². The summed E-state index contributed by atoms with van der Waals surface area (Å²) < 4.78 is 0. The Labute approximate surface area is 115 Å². The largest absolute Gasteiger partial charge is 0.271 e. The van der Waals surface area contributed by atoms with Gasteiger partial charge >= 0.3 is 0 Å². The molecule has 18 heavy (non-hydrogen) atoms. The zero-order valence-corrected chi connectivity index (χ0v) is 12.2. The fourth-order valence-corrected chi connectivity index (χ4v) is 3.14. The lowest BCUT2D eigenvalue weighted by atomic mass is 9.80. The number of thioether (sulfide) groups is 1. The molecule has 3 N–H and O–H groups in total. The molecule has 0 aromatic heterocycles. The first-order valence-electron chi connectivity index (χ1n) is 6.88. The molecule has 1 aliphatic rings. The average molecular weight is 264 g/mol. The lowest BCUT2D eigenvalue weighted by Crippen LogP contribution is -2.30. The van der Waals surface area contributed by atoms with Gasteiger partial charge in [0.1, 0.15) is 0 Å². The minimum Gasteiger partial charge on any atom is -0.271 e. The van der Waals surface area contributed by atoms with E-state index in [2.05, 4.69) is 43.5 Å². The van der Waals surface area contributed by atoms with Crippen LogP contribution in [0.2, 0.25) is 0 Å². The molecule has 2 nitrogen and oxygen atoms in total. The Kier molecular flexibility index (Phi) is 5.10. The van der Waals surface area contributed by atoms with E-state index in [0.717, 1.165) is 11.7 Å². The van der Waals surface area contributed by atoms with Crippen molar-refractivity contribution in [1.29, 1.82) is 0 Å². The van der Waals surface area contributed by atoms with Gasteiger partial charge in [0, 0.05) is 5.75 Å². The molecule has 0 heterocycles. The van der Waals surface area contributed by atoms with Crippen LogP contribution in [0.25, 0.3) is 0 Å². The van der Waals surface area contributed by atoms with E-state index in [0.29, 0.717) is 5.25 Å². The van der Waals surface area contributed by atoms with Crippen LogP contribution in [-0.4, -0.2) is 11.0 Å². The van der Waals surface area contributed by atoms with Gasteiger partial charge in [-0.15, -0.1) is 0 Å². The lowest BCUT2D eigenvalue weighted by Gasteiger charge is -2.26. The van der Waals surface area contributed by atoms with Crippen molar-refractivity contribution in [2.45, 2.75) is 50.3 Å². The van der Waals surface area contributed by atoms with Crippen molar-refractivity contribution in [3.05, 3.63) is 35.4 Å². The minimum absolute atomic E-state index is 0.257. The van der Waals surface area contributed by atoms with Crippen LogP contribution in [0.4, 0.5) is 0 Å². The van der Waals surface area contributed by atoms with Gasteiger partial charge in [-0.3, -0.25) is 11.3 Å². The van der Waals surface area contributed by atoms with Crippen LogP contribution in [0, 0.1) is 0 Å². The second-order valence-electron chi connectivity index (χ2n) is 5.40. The molecule has 0 saturated heterocycles. The van der Waals surface area contributed by atoms with Crippen LogP contribution in [0.15, 0.2) is 24.3 Å². The first kappa shape index (κ1) is 13.9. The second-order valence-corrected chi connectivity index (χ2v) is 7.01. The SMILES string of the molecule is CC(C)SCC(NN)c1ccc(C2CCC2)cc1. The standard InChI is InChI=1S/C15H24N2S/c1-11(2)18-10-15(17-16)14-8-6-13(7-9-14)12-4-3-5-12/h6-9,11-12,15,17H,3-5,10,16H2,1-2H3. The van der Waals surface area contributed by atoms with Crippen molar-refractivity contribution in [2.75, 3.05) is 5.75 Å². The fourth-order valence-electron chi connectivity index (χ4n) is 2.27. The fraction of sp³-hybridized carbons (Fsp3) is 0.600. The van der Waals surface area contributed by atoms with Crippen LogP contribution < -0.4 is 11.3 Å². The Morgan fingerprint density at radius 2 is 1.94 bits per heavy atom. The monoisotopic (exact) mass is 264 g/mol. The number of hydrazine groups is 1. The predicted molar refractivity (Wildman–Crippen MR) is 80.7 cm³/mol. The summed E-state index contributed by atoms with van der Waals surface area (Å²) >= 11 is 1.94. The molecule has 1 fully saturated rings. The Balaban J connectivity index is 1.97. The summed E-state index contributed by atoms with van der Waals surface area (Å²) in [5, 5.41) is 0.648. The maximum Gasteiger partial charge on any atom is 0.0550 e. The highest BCUT2D eigenvalue weighted by Gasteiger charge is 2.19. The van der Waals surface area contributed by atoms with Crippen LogP contribution >= 0.6 is 11.8 Å². The number of rotatable bonds is 6. The molecule has 1 atom stereocenters. The third kappa shape index (κ3) is 3.50. The molecule has 1 unspecified atom stereocenters. The number of benzene rings is 1. The van der Waals surface area contributed by atoms with Gasteiger partial charge in [0.15, 0.2) is 0 Å². The quantitative estimate of drug-likeness (QED) is 0.609. The van der Waals surface area contributed by atoms with E-state index in [9.17, 15) is 0 Å². The highest BCUT2D eigenvalue weighted by Crippen LogP contribution is 2.36. The van der Waals surface area contributed by atoms with E-state index in [-0.39, 0.29) is 6.04 Å². The maximum atomic E-state index is 5.66.